The van der Waals surface area contributed by atoms with Crippen LogP contribution < -0.4 is 4.90 Å². The van der Waals surface area contributed by atoms with Crippen molar-refractivity contribution in [1.82, 2.24) is 0 Å². The summed E-state index contributed by atoms with van der Waals surface area (Å²) in [5, 5.41) is 2.50. The highest BCUT2D eigenvalue weighted by atomic mass is 15.1. The molecule has 0 aliphatic heterocycles. The summed E-state index contributed by atoms with van der Waals surface area (Å²) in [4.78, 5) is 2.50. The Labute approximate surface area is 335 Å². The van der Waals surface area contributed by atoms with Gasteiger partial charge >= 0.3 is 0 Å². The number of hydrogen-bond acceptors (Lipinski definition) is 1. The molecule has 0 saturated carbocycles. The van der Waals surface area contributed by atoms with Gasteiger partial charge in [0.2, 0.25) is 0 Å². The van der Waals surface area contributed by atoms with Crippen LogP contribution in [0.1, 0.15) is 59.6 Å². The summed E-state index contributed by atoms with van der Waals surface area (Å²) in [6.07, 6.45) is 8.00. The minimum Gasteiger partial charge on any atom is -0.310 e. The smallest absolute Gasteiger partial charge is 0.0713 e. The van der Waals surface area contributed by atoms with Crippen molar-refractivity contribution in [2.24, 2.45) is 0 Å². The molecule has 0 bridgehead atoms. The lowest BCUT2D eigenvalue weighted by molar-refractivity contribution is 0.612. The van der Waals surface area contributed by atoms with Crippen LogP contribution in [0.15, 0.2) is 212 Å². The maximum absolute atomic E-state index is 2.50. The standard InChI is InChI=1S/C56H43N/c1-55(2)49-26-14-12-23-44(49)45-34-33-43(37-52(45)55)57(42-31-29-39(30-32-42)38-17-6-3-7-18-38)53-28-16-25-47-46(53)35-36-51-54(47)48-24-13-15-27-50(48)56(51,40-19-8-4-9-20-40)41-21-10-5-11-22-41/h3-22,24-37,44H,23H2,1-2H3. The Bertz CT molecular complexity index is 2840. The normalized spacial score (nSPS) is 16.7. The van der Waals surface area contributed by atoms with E-state index < -0.39 is 5.41 Å². The molecule has 1 nitrogen and oxygen atoms in total. The Kier molecular flexibility index (Phi) is 7.63. The van der Waals surface area contributed by atoms with Gasteiger partial charge in [-0.25, -0.2) is 0 Å². The van der Waals surface area contributed by atoms with E-state index in [0.717, 1.165) is 12.1 Å². The van der Waals surface area contributed by atoms with Crippen molar-refractivity contribution in [3.8, 4) is 22.3 Å². The summed E-state index contributed by atoms with van der Waals surface area (Å²) in [7, 11) is 0. The van der Waals surface area contributed by atoms with Gasteiger partial charge in [0.25, 0.3) is 0 Å². The van der Waals surface area contributed by atoms with Crippen LogP contribution in [0.2, 0.25) is 0 Å². The molecule has 1 unspecified atom stereocenters. The number of nitrogens with zero attached hydrogens (tertiary/aromatic N) is 1. The first-order valence-corrected chi connectivity index (χ1v) is 20.3. The molecule has 8 aromatic carbocycles. The van der Waals surface area contributed by atoms with Crippen LogP contribution in [-0.2, 0) is 10.8 Å². The van der Waals surface area contributed by atoms with Crippen LogP contribution in [0, 0.1) is 0 Å². The fourth-order valence-electron chi connectivity index (χ4n) is 10.6. The van der Waals surface area contributed by atoms with Gasteiger partial charge in [0.1, 0.15) is 0 Å². The third-order valence-electron chi connectivity index (χ3n) is 13.2. The first-order valence-electron chi connectivity index (χ1n) is 20.3. The molecule has 3 aliphatic carbocycles. The summed E-state index contributed by atoms with van der Waals surface area (Å²) < 4.78 is 0. The Morgan fingerprint density at radius 3 is 1.89 bits per heavy atom. The van der Waals surface area contributed by atoms with E-state index >= 15 is 0 Å². The lowest BCUT2D eigenvalue weighted by Gasteiger charge is -2.34. The topological polar surface area (TPSA) is 3.24 Å². The number of benzene rings is 8. The van der Waals surface area contributed by atoms with Gasteiger partial charge in [0.05, 0.1) is 11.1 Å². The Morgan fingerprint density at radius 1 is 0.509 bits per heavy atom. The van der Waals surface area contributed by atoms with Crippen molar-refractivity contribution in [2.75, 3.05) is 4.90 Å². The molecule has 0 aromatic heterocycles. The number of rotatable bonds is 6. The lowest BCUT2D eigenvalue weighted by Crippen LogP contribution is -2.28. The average molecular weight is 730 g/mol. The van der Waals surface area contributed by atoms with Gasteiger partial charge in [0, 0.05) is 28.1 Å². The van der Waals surface area contributed by atoms with Crippen LogP contribution in [0.5, 0.6) is 0 Å². The van der Waals surface area contributed by atoms with Crippen LogP contribution in [0.3, 0.4) is 0 Å². The second-order valence-corrected chi connectivity index (χ2v) is 16.4. The molecule has 8 aromatic rings. The zero-order valence-corrected chi connectivity index (χ0v) is 32.4. The van der Waals surface area contributed by atoms with E-state index in [4.69, 9.17) is 0 Å². The number of fused-ring (bicyclic) bond motifs is 8. The molecule has 3 aliphatic rings. The average Bonchev–Trinajstić information content (AvgIpc) is 3.71. The van der Waals surface area contributed by atoms with Gasteiger partial charge in [-0.05, 0) is 97.8 Å². The highest BCUT2D eigenvalue weighted by molar-refractivity contribution is 6.10. The Balaban J connectivity index is 1.16. The highest BCUT2D eigenvalue weighted by Crippen LogP contribution is 2.59. The molecule has 0 saturated heterocycles. The summed E-state index contributed by atoms with van der Waals surface area (Å²) in [5.41, 5.74) is 17.7. The van der Waals surface area contributed by atoms with Gasteiger partial charge in [-0.2, -0.15) is 0 Å². The first kappa shape index (κ1) is 33.6. The van der Waals surface area contributed by atoms with Crippen LogP contribution in [0.25, 0.3) is 33.0 Å². The van der Waals surface area contributed by atoms with Crippen LogP contribution in [-0.4, -0.2) is 0 Å². The van der Waals surface area contributed by atoms with Crippen molar-refractivity contribution < 1.29 is 0 Å². The molecule has 0 radical (unpaired) electrons. The summed E-state index contributed by atoms with van der Waals surface area (Å²) >= 11 is 0. The third kappa shape index (κ3) is 4.95. The van der Waals surface area contributed by atoms with Crippen molar-refractivity contribution in [3.63, 3.8) is 0 Å². The van der Waals surface area contributed by atoms with Crippen molar-refractivity contribution in [2.45, 2.75) is 37.0 Å². The van der Waals surface area contributed by atoms with Gasteiger partial charge in [-0.1, -0.05) is 195 Å². The molecule has 272 valence electrons. The van der Waals surface area contributed by atoms with E-state index in [1.54, 1.807) is 0 Å². The molecule has 11 rings (SSSR count). The summed E-state index contributed by atoms with van der Waals surface area (Å²) in [6, 6.07) is 70.1. The molecule has 0 heterocycles. The summed E-state index contributed by atoms with van der Waals surface area (Å²) in [5.74, 6) is 0.447. The van der Waals surface area contributed by atoms with Crippen LogP contribution >= 0.6 is 0 Å². The van der Waals surface area contributed by atoms with Crippen molar-refractivity contribution in [1.29, 1.82) is 0 Å². The van der Waals surface area contributed by atoms with E-state index in [-0.39, 0.29) is 5.41 Å². The minimum absolute atomic E-state index is 0.0505. The fourth-order valence-corrected chi connectivity index (χ4v) is 10.6. The minimum atomic E-state index is -0.447. The number of hydrogen-bond donors (Lipinski definition) is 0. The summed E-state index contributed by atoms with van der Waals surface area (Å²) in [6.45, 7) is 4.81. The van der Waals surface area contributed by atoms with Crippen molar-refractivity contribution in [3.05, 3.63) is 245 Å². The quantitative estimate of drug-likeness (QED) is 0.165. The molecule has 0 spiro atoms. The fraction of sp³-hybridized carbons (Fsp3) is 0.107. The van der Waals surface area contributed by atoms with E-state index in [1.807, 2.05) is 0 Å². The number of allylic oxidation sites excluding steroid dienone is 4. The Hall–Kier alpha value is -6.70. The maximum Gasteiger partial charge on any atom is 0.0713 e. The molecule has 1 heteroatoms. The van der Waals surface area contributed by atoms with E-state index in [2.05, 4.69) is 225 Å². The van der Waals surface area contributed by atoms with E-state index in [0.29, 0.717) is 5.92 Å². The maximum atomic E-state index is 2.50. The van der Waals surface area contributed by atoms with Gasteiger partial charge in [-0.3, -0.25) is 0 Å². The predicted octanol–water partition coefficient (Wildman–Crippen LogP) is 14.6. The highest BCUT2D eigenvalue weighted by Gasteiger charge is 2.47. The number of anilines is 3. The zero-order valence-electron chi connectivity index (χ0n) is 32.4. The molecule has 0 amide bonds. The Morgan fingerprint density at radius 2 is 1.16 bits per heavy atom. The second kappa shape index (κ2) is 12.9. The molecule has 57 heavy (non-hydrogen) atoms. The van der Waals surface area contributed by atoms with E-state index in [9.17, 15) is 0 Å². The zero-order chi connectivity index (χ0) is 38.1. The monoisotopic (exact) mass is 729 g/mol. The van der Waals surface area contributed by atoms with Crippen LogP contribution in [0.4, 0.5) is 17.1 Å². The molecular weight excluding hydrogens is 687 g/mol. The van der Waals surface area contributed by atoms with Gasteiger partial charge < -0.3 is 4.90 Å². The van der Waals surface area contributed by atoms with Crippen molar-refractivity contribution >= 4 is 27.8 Å². The van der Waals surface area contributed by atoms with Gasteiger partial charge in [0.15, 0.2) is 0 Å². The molecule has 1 atom stereocenters. The second-order valence-electron chi connectivity index (χ2n) is 16.4. The largest absolute Gasteiger partial charge is 0.310 e. The predicted molar refractivity (Wildman–Crippen MR) is 239 cm³/mol. The first-order chi connectivity index (χ1) is 28.0. The lowest BCUT2D eigenvalue weighted by atomic mass is 9.67. The molecular formula is C56H43N. The molecule has 0 fully saturated rings. The SMILES string of the molecule is CC1(C)C2=CC=CCC2c2ccc(N(c3ccc(-c4ccccc4)cc3)c3cccc4c5c(ccc34)C(c3ccccc3)(c3ccccc3)c3ccccc3-5)cc21. The van der Waals surface area contributed by atoms with Gasteiger partial charge in [-0.15, -0.1) is 0 Å². The third-order valence-corrected chi connectivity index (χ3v) is 13.2. The van der Waals surface area contributed by atoms with E-state index in [1.165, 1.54) is 83.4 Å². The molecule has 0 N–H and O–H groups in total.